The third kappa shape index (κ3) is 8.26. The highest BCUT2D eigenvalue weighted by molar-refractivity contribution is 7.90. The van der Waals surface area contributed by atoms with E-state index >= 15 is 0 Å². The fourth-order valence-electron chi connectivity index (χ4n) is 4.02. The van der Waals surface area contributed by atoms with Gasteiger partial charge in [-0.15, -0.1) is 0 Å². The number of aliphatic hydroxyl groups excluding tert-OH is 1. The zero-order valence-corrected chi connectivity index (χ0v) is 21.9. The van der Waals surface area contributed by atoms with Crippen LogP contribution < -0.4 is 10.0 Å². The summed E-state index contributed by atoms with van der Waals surface area (Å²) < 4.78 is 41.5. The second-order valence-electron chi connectivity index (χ2n) is 9.68. The summed E-state index contributed by atoms with van der Waals surface area (Å²) in [6, 6.07) is 11.8. The van der Waals surface area contributed by atoms with Crippen LogP contribution in [0.3, 0.4) is 0 Å². The van der Waals surface area contributed by atoms with Gasteiger partial charge in [-0.1, -0.05) is 24.3 Å². The second-order valence-corrected chi connectivity index (χ2v) is 11.8. The van der Waals surface area contributed by atoms with Gasteiger partial charge in [-0.3, -0.25) is 9.78 Å². The molecular weight excluding hydrogens is 499 g/mol. The molecule has 200 valence electrons. The quantitative estimate of drug-likeness (QED) is 0.281. The summed E-state index contributed by atoms with van der Waals surface area (Å²) in [5, 5.41) is 23.0. The zero-order chi connectivity index (χ0) is 27.2. The molecule has 0 aliphatic carbocycles. The SMILES string of the molecule is CNS(=O)(=O)[C@@H](CCC(C)(C)O)C[C@H](O)[C@H](Cc1cccc(F)c1)NC(=O)c1cnc2ccccc2n1. The Bertz CT molecular complexity index is 1330. The van der Waals surface area contributed by atoms with Crippen molar-refractivity contribution in [3.63, 3.8) is 0 Å². The number of hydrogen-bond acceptors (Lipinski definition) is 7. The molecule has 1 aromatic heterocycles. The number of carbonyl (C=O) groups excluding carboxylic acids is 1. The van der Waals surface area contributed by atoms with Crippen molar-refractivity contribution in [2.24, 2.45) is 0 Å². The summed E-state index contributed by atoms with van der Waals surface area (Å²) in [4.78, 5) is 21.7. The Morgan fingerprint density at radius 2 is 1.84 bits per heavy atom. The topological polar surface area (TPSA) is 142 Å². The third-order valence-corrected chi connectivity index (χ3v) is 7.99. The molecule has 3 aromatic rings. The first-order valence-electron chi connectivity index (χ1n) is 12.0. The van der Waals surface area contributed by atoms with Crippen molar-refractivity contribution < 1.29 is 27.8 Å². The van der Waals surface area contributed by atoms with Crippen molar-refractivity contribution >= 4 is 27.0 Å². The van der Waals surface area contributed by atoms with Crippen LogP contribution in [0.15, 0.2) is 54.7 Å². The number of fused-ring (bicyclic) bond motifs is 1. The third-order valence-electron chi connectivity index (χ3n) is 6.11. The Balaban J connectivity index is 1.87. The number of nitrogens with zero attached hydrogens (tertiary/aromatic N) is 2. The van der Waals surface area contributed by atoms with Crippen LogP contribution >= 0.6 is 0 Å². The van der Waals surface area contributed by atoms with Crippen LogP contribution in [0.4, 0.5) is 4.39 Å². The molecule has 0 aliphatic rings. The Morgan fingerprint density at radius 3 is 2.49 bits per heavy atom. The maximum Gasteiger partial charge on any atom is 0.271 e. The van der Waals surface area contributed by atoms with E-state index in [1.807, 2.05) is 0 Å². The van der Waals surface area contributed by atoms with Gasteiger partial charge in [0.25, 0.3) is 5.91 Å². The largest absolute Gasteiger partial charge is 0.391 e. The molecule has 11 heteroatoms. The zero-order valence-electron chi connectivity index (χ0n) is 21.1. The molecule has 0 saturated heterocycles. The number of rotatable bonds is 12. The van der Waals surface area contributed by atoms with E-state index in [4.69, 9.17) is 0 Å². The second kappa shape index (κ2) is 12.0. The minimum Gasteiger partial charge on any atom is -0.391 e. The van der Waals surface area contributed by atoms with Crippen molar-refractivity contribution in [3.05, 3.63) is 71.8 Å². The summed E-state index contributed by atoms with van der Waals surface area (Å²) in [6.45, 7) is 3.15. The molecule has 1 amide bonds. The number of amides is 1. The Morgan fingerprint density at radius 1 is 1.14 bits per heavy atom. The number of halogens is 1. The number of nitrogens with one attached hydrogen (secondary N) is 2. The van der Waals surface area contributed by atoms with Gasteiger partial charge < -0.3 is 15.5 Å². The summed E-state index contributed by atoms with van der Waals surface area (Å²) in [7, 11) is -2.53. The van der Waals surface area contributed by atoms with Crippen molar-refractivity contribution in [2.75, 3.05) is 7.05 Å². The van der Waals surface area contributed by atoms with Crippen LogP contribution in [0.2, 0.25) is 0 Å². The normalized spacial score (nSPS) is 14.8. The van der Waals surface area contributed by atoms with Crippen LogP contribution in [0.25, 0.3) is 11.0 Å². The first-order chi connectivity index (χ1) is 17.4. The minimum atomic E-state index is -3.81. The van der Waals surface area contributed by atoms with Crippen LogP contribution in [0.5, 0.6) is 0 Å². The van der Waals surface area contributed by atoms with Crippen molar-refractivity contribution in [2.45, 2.75) is 62.5 Å². The van der Waals surface area contributed by atoms with E-state index in [-0.39, 0.29) is 31.4 Å². The predicted octanol–water partition coefficient (Wildman–Crippen LogP) is 2.33. The van der Waals surface area contributed by atoms with Gasteiger partial charge >= 0.3 is 0 Å². The minimum absolute atomic E-state index is 0.0246. The van der Waals surface area contributed by atoms with E-state index in [1.165, 1.54) is 31.4 Å². The molecule has 3 atom stereocenters. The lowest BCUT2D eigenvalue weighted by atomic mass is 9.94. The Kier molecular flexibility index (Phi) is 9.30. The highest BCUT2D eigenvalue weighted by Gasteiger charge is 2.32. The lowest BCUT2D eigenvalue weighted by molar-refractivity contribution is 0.0640. The molecule has 0 fully saturated rings. The molecule has 4 N–H and O–H groups in total. The summed E-state index contributed by atoms with van der Waals surface area (Å²) in [5.41, 5.74) is 0.567. The number of sulfonamides is 1. The van der Waals surface area contributed by atoms with Gasteiger partial charge in [-0.05, 0) is 76.4 Å². The van der Waals surface area contributed by atoms with Gasteiger partial charge in [0.2, 0.25) is 10.0 Å². The van der Waals surface area contributed by atoms with E-state index in [9.17, 15) is 27.8 Å². The maximum absolute atomic E-state index is 13.8. The van der Waals surface area contributed by atoms with Crippen LogP contribution in [0.1, 0.15) is 49.2 Å². The lowest BCUT2D eigenvalue weighted by Gasteiger charge is -2.28. The summed E-state index contributed by atoms with van der Waals surface area (Å²) in [5.74, 6) is -1.08. The molecule has 9 nitrogen and oxygen atoms in total. The molecule has 0 aliphatic heterocycles. The standard InChI is InChI=1S/C26H33FN4O5S/c1-26(2,34)12-11-19(37(35,36)28-3)15-24(32)22(14-17-7-6-8-18(27)13-17)31-25(33)23-16-29-20-9-4-5-10-21(20)30-23/h4-10,13,16,19,22,24,28,32,34H,11-12,14-15H2,1-3H3,(H,31,33)/t19-,22-,24-/m0/s1. The van der Waals surface area contributed by atoms with Crippen LogP contribution in [-0.2, 0) is 16.4 Å². The first-order valence-corrected chi connectivity index (χ1v) is 13.5. The van der Waals surface area contributed by atoms with E-state index in [1.54, 1.807) is 44.2 Å². The summed E-state index contributed by atoms with van der Waals surface area (Å²) >= 11 is 0. The molecule has 37 heavy (non-hydrogen) atoms. The molecule has 0 unspecified atom stereocenters. The van der Waals surface area contributed by atoms with E-state index in [2.05, 4.69) is 20.0 Å². The highest BCUT2D eigenvalue weighted by Crippen LogP contribution is 2.22. The lowest BCUT2D eigenvalue weighted by Crippen LogP contribution is -2.48. The van der Waals surface area contributed by atoms with Crippen LogP contribution in [0, 0.1) is 5.82 Å². The van der Waals surface area contributed by atoms with Crippen LogP contribution in [-0.4, -0.2) is 64.6 Å². The average molecular weight is 533 g/mol. The summed E-state index contributed by atoms with van der Waals surface area (Å²) in [6.07, 6.45) is 0.0998. The number of hydrogen-bond donors (Lipinski definition) is 4. The fraction of sp³-hybridized carbons (Fsp3) is 0.423. The van der Waals surface area contributed by atoms with Gasteiger partial charge in [0.1, 0.15) is 11.5 Å². The number of benzene rings is 2. The smallest absolute Gasteiger partial charge is 0.271 e. The number of aromatic nitrogens is 2. The first kappa shape index (κ1) is 28.6. The fourth-order valence-corrected chi connectivity index (χ4v) is 5.24. The van der Waals surface area contributed by atoms with Gasteiger partial charge in [-0.2, -0.15) is 0 Å². The Hall–Kier alpha value is -2.99. The van der Waals surface area contributed by atoms with E-state index in [0.29, 0.717) is 16.6 Å². The van der Waals surface area contributed by atoms with Crippen molar-refractivity contribution in [3.8, 4) is 0 Å². The molecule has 3 rings (SSSR count). The van der Waals surface area contributed by atoms with Crippen molar-refractivity contribution in [1.82, 2.24) is 20.0 Å². The molecular formula is C26H33FN4O5S. The van der Waals surface area contributed by atoms with E-state index < -0.39 is 44.7 Å². The molecule has 2 aromatic carbocycles. The predicted molar refractivity (Wildman–Crippen MR) is 139 cm³/mol. The molecule has 0 bridgehead atoms. The van der Waals surface area contributed by atoms with Gasteiger partial charge in [0, 0.05) is 0 Å². The van der Waals surface area contributed by atoms with E-state index in [0.717, 1.165) is 0 Å². The maximum atomic E-state index is 13.8. The monoisotopic (exact) mass is 532 g/mol. The van der Waals surface area contributed by atoms with Gasteiger partial charge in [0.05, 0.1) is 40.2 Å². The highest BCUT2D eigenvalue weighted by atomic mass is 32.2. The van der Waals surface area contributed by atoms with Crippen molar-refractivity contribution in [1.29, 1.82) is 0 Å². The number of carbonyl (C=O) groups is 1. The number of aliphatic hydroxyl groups is 2. The number of para-hydroxylation sites is 2. The molecule has 1 heterocycles. The molecule has 0 spiro atoms. The van der Waals surface area contributed by atoms with Gasteiger partial charge in [-0.25, -0.2) is 22.5 Å². The molecule has 0 saturated carbocycles. The Labute approximate surface area is 216 Å². The molecule has 0 radical (unpaired) electrons. The average Bonchev–Trinajstić information content (AvgIpc) is 2.85. The van der Waals surface area contributed by atoms with Gasteiger partial charge in [0.15, 0.2) is 0 Å².